The molecule has 0 aromatic carbocycles. The van der Waals surface area contributed by atoms with Crippen LogP contribution in [0.4, 0.5) is 0 Å². The zero-order valence-electron chi connectivity index (χ0n) is 10.7. The van der Waals surface area contributed by atoms with Gasteiger partial charge in [0.05, 0.1) is 12.7 Å². The molecule has 96 valence electrons. The Morgan fingerprint density at radius 2 is 2.33 bits per heavy atom. The van der Waals surface area contributed by atoms with Gasteiger partial charge < -0.3 is 14.9 Å². The molecule has 3 heterocycles. The molecule has 0 aliphatic carbocycles. The number of aryl methyl sites for hydroxylation is 2. The summed E-state index contributed by atoms with van der Waals surface area (Å²) >= 11 is 0. The number of imidazole rings is 2. The Morgan fingerprint density at radius 3 is 3.06 bits per heavy atom. The zero-order valence-corrected chi connectivity index (χ0v) is 10.7. The summed E-state index contributed by atoms with van der Waals surface area (Å²) < 4.78 is 2.27. The Kier molecular flexibility index (Phi) is 2.91. The van der Waals surface area contributed by atoms with Crippen LogP contribution >= 0.6 is 0 Å². The van der Waals surface area contributed by atoms with Crippen LogP contribution in [0.3, 0.4) is 0 Å². The van der Waals surface area contributed by atoms with E-state index in [-0.39, 0.29) is 5.41 Å². The molecule has 18 heavy (non-hydrogen) atoms. The lowest BCUT2D eigenvalue weighted by molar-refractivity contribution is 0.471. The molecule has 2 N–H and O–H groups in total. The fourth-order valence-corrected chi connectivity index (χ4v) is 2.70. The second kappa shape index (κ2) is 4.57. The summed E-state index contributed by atoms with van der Waals surface area (Å²) in [6, 6.07) is 0. The summed E-state index contributed by atoms with van der Waals surface area (Å²) in [4.78, 5) is 11.5. The summed E-state index contributed by atoms with van der Waals surface area (Å²) in [5.41, 5.74) is 2.74. The first kappa shape index (κ1) is 11.5. The number of nitrogens with one attached hydrogen (secondary N) is 2. The average molecular weight is 245 g/mol. The Balaban J connectivity index is 1.75. The van der Waals surface area contributed by atoms with Crippen molar-refractivity contribution in [2.75, 3.05) is 13.1 Å². The highest BCUT2D eigenvalue weighted by Crippen LogP contribution is 2.29. The van der Waals surface area contributed by atoms with Gasteiger partial charge in [-0.25, -0.2) is 9.97 Å². The normalized spacial score (nSPS) is 23.6. The molecule has 0 spiro atoms. The van der Waals surface area contributed by atoms with Crippen LogP contribution in [0.5, 0.6) is 0 Å². The molecule has 1 aliphatic rings. The van der Waals surface area contributed by atoms with E-state index < -0.39 is 0 Å². The molecule has 1 saturated heterocycles. The van der Waals surface area contributed by atoms with Gasteiger partial charge in [0.15, 0.2) is 0 Å². The third-order valence-corrected chi connectivity index (χ3v) is 3.88. The molecular weight excluding hydrogens is 226 g/mol. The molecule has 0 amide bonds. The van der Waals surface area contributed by atoms with Gasteiger partial charge in [0, 0.05) is 48.7 Å². The molecule has 1 atom stereocenters. The molecular formula is C13H19N5. The Bertz CT molecular complexity index is 493. The number of rotatable bonds is 4. The third kappa shape index (κ3) is 2.06. The average Bonchev–Trinajstić information content (AvgIpc) is 3.08. The zero-order chi connectivity index (χ0) is 12.4. The minimum absolute atomic E-state index is 0.227. The van der Waals surface area contributed by atoms with Gasteiger partial charge in [0.1, 0.15) is 0 Å². The van der Waals surface area contributed by atoms with E-state index in [0.29, 0.717) is 0 Å². The van der Waals surface area contributed by atoms with Gasteiger partial charge >= 0.3 is 0 Å². The van der Waals surface area contributed by atoms with E-state index in [1.165, 1.54) is 17.8 Å². The van der Waals surface area contributed by atoms with Gasteiger partial charge in [-0.2, -0.15) is 0 Å². The van der Waals surface area contributed by atoms with Crippen molar-refractivity contribution in [3.05, 3.63) is 36.4 Å². The standard InChI is InChI=1S/C13H19N5/c1-13(3-4-14-8-13)12-7-16-10-18(12)5-2-11-6-15-9-17-11/h6-7,9-10,14H,2-5,8H2,1H3,(H,15,17). The molecule has 5 heteroatoms. The maximum atomic E-state index is 4.32. The highest BCUT2D eigenvalue weighted by molar-refractivity contribution is 5.17. The predicted molar refractivity (Wildman–Crippen MR) is 69.4 cm³/mol. The Labute approximate surface area is 107 Å². The smallest absolute Gasteiger partial charge is 0.0948 e. The Hall–Kier alpha value is -1.62. The van der Waals surface area contributed by atoms with Gasteiger partial charge in [-0.05, 0) is 13.0 Å². The van der Waals surface area contributed by atoms with Crippen molar-refractivity contribution in [1.82, 2.24) is 24.8 Å². The van der Waals surface area contributed by atoms with Crippen LogP contribution in [0.1, 0.15) is 24.7 Å². The minimum Gasteiger partial charge on any atom is -0.348 e. The van der Waals surface area contributed by atoms with Gasteiger partial charge in [-0.15, -0.1) is 0 Å². The van der Waals surface area contributed by atoms with E-state index in [0.717, 1.165) is 26.1 Å². The number of H-pyrrole nitrogens is 1. The summed E-state index contributed by atoms with van der Waals surface area (Å²) in [6.45, 7) is 5.41. The first-order valence-corrected chi connectivity index (χ1v) is 6.46. The first-order valence-electron chi connectivity index (χ1n) is 6.46. The lowest BCUT2D eigenvalue weighted by atomic mass is 9.86. The van der Waals surface area contributed by atoms with E-state index in [2.05, 4.69) is 31.8 Å². The van der Waals surface area contributed by atoms with Crippen LogP contribution < -0.4 is 5.32 Å². The van der Waals surface area contributed by atoms with E-state index in [9.17, 15) is 0 Å². The van der Waals surface area contributed by atoms with Crippen LogP contribution in [0.15, 0.2) is 25.0 Å². The first-order chi connectivity index (χ1) is 8.78. The van der Waals surface area contributed by atoms with Gasteiger partial charge in [0.2, 0.25) is 0 Å². The van der Waals surface area contributed by atoms with Crippen molar-refractivity contribution in [2.45, 2.75) is 31.7 Å². The lowest BCUT2D eigenvalue weighted by Crippen LogP contribution is -2.28. The number of aromatic amines is 1. The SMILES string of the molecule is CC1(c2cncn2CCc2cnc[nH]2)CCNC1. The van der Waals surface area contributed by atoms with Crippen LogP contribution in [-0.2, 0) is 18.4 Å². The predicted octanol–water partition coefficient (Wildman–Crippen LogP) is 1.10. The van der Waals surface area contributed by atoms with Gasteiger partial charge in [-0.3, -0.25) is 0 Å². The van der Waals surface area contributed by atoms with Crippen LogP contribution in [0, 0.1) is 0 Å². The highest BCUT2D eigenvalue weighted by atomic mass is 15.1. The Morgan fingerprint density at radius 1 is 1.39 bits per heavy atom. The van der Waals surface area contributed by atoms with Crippen molar-refractivity contribution < 1.29 is 0 Å². The van der Waals surface area contributed by atoms with Crippen LogP contribution in [0.2, 0.25) is 0 Å². The van der Waals surface area contributed by atoms with E-state index >= 15 is 0 Å². The molecule has 3 rings (SSSR count). The number of hydrogen-bond donors (Lipinski definition) is 2. The van der Waals surface area contributed by atoms with E-state index in [4.69, 9.17) is 0 Å². The monoisotopic (exact) mass is 245 g/mol. The lowest BCUT2D eigenvalue weighted by Gasteiger charge is -2.24. The second-order valence-corrected chi connectivity index (χ2v) is 5.29. The highest BCUT2D eigenvalue weighted by Gasteiger charge is 2.33. The van der Waals surface area contributed by atoms with Crippen molar-refractivity contribution in [2.24, 2.45) is 0 Å². The molecule has 0 saturated carbocycles. The van der Waals surface area contributed by atoms with Crippen molar-refractivity contribution in [3.8, 4) is 0 Å². The molecule has 0 radical (unpaired) electrons. The molecule has 1 unspecified atom stereocenters. The minimum atomic E-state index is 0.227. The van der Waals surface area contributed by atoms with Crippen molar-refractivity contribution in [1.29, 1.82) is 0 Å². The fourth-order valence-electron chi connectivity index (χ4n) is 2.70. The molecule has 1 fully saturated rings. The van der Waals surface area contributed by atoms with Crippen LogP contribution in [0.25, 0.3) is 0 Å². The van der Waals surface area contributed by atoms with Gasteiger partial charge in [0.25, 0.3) is 0 Å². The summed E-state index contributed by atoms with van der Waals surface area (Å²) in [6.07, 6.45) is 9.71. The maximum Gasteiger partial charge on any atom is 0.0948 e. The van der Waals surface area contributed by atoms with E-state index in [1.807, 2.05) is 18.7 Å². The molecule has 0 bridgehead atoms. The largest absolute Gasteiger partial charge is 0.348 e. The summed E-state index contributed by atoms with van der Waals surface area (Å²) in [5, 5.41) is 3.44. The second-order valence-electron chi connectivity index (χ2n) is 5.29. The third-order valence-electron chi connectivity index (χ3n) is 3.88. The quantitative estimate of drug-likeness (QED) is 0.848. The maximum absolute atomic E-state index is 4.32. The molecule has 1 aliphatic heterocycles. The fraction of sp³-hybridized carbons (Fsp3) is 0.538. The topological polar surface area (TPSA) is 58.5 Å². The molecule has 2 aromatic rings. The summed E-state index contributed by atoms with van der Waals surface area (Å²) in [7, 11) is 0. The molecule has 2 aromatic heterocycles. The number of hydrogen-bond acceptors (Lipinski definition) is 3. The van der Waals surface area contributed by atoms with E-state index in [1.54, 1.807) is 6.33 Å². The summed E-state index contributed by atoms with van der Waals surface area (Å²) in [5.74, 6) is 0. The number of aromatic nitrogens is 4. The number of nitrogens with zero attached hydrogens (tertiary/aromatic N) is 3. The van der Waals surface area contributed by atoms with Crippen molar-refractivity contribution >= 4 is 0 Å². The van der Waals surface area contributed by atoms with Gasteiger partial charge in [-0.1, -0.05) is 6.92 Å². The molecule has 5 nitrogen and oxygen atoms in total. The van der Waals surface area contributed by atoms with Crippen LogP contribution in [-0.4, -0.2) is 32.6 Å². The van der Waals surface area contributed by atoms with Crippen molar-refractivity contribution in [3.63, 3.8) is 0 Å².